The number of primary amides is 1. The molecule has 92 valence electrons. The molecule has 0 radical (unpaired) electrons. The fourth-order valence-corrected chi connectivity index (χ4v) is 2.61. The van der Waals surface area contributed by atoms with Crippen LogP contribution in [0.3, 0.4) is 0 Å². The summed E-state index contributed by atoms with van der Waals surface area (Å²) in [6.45, 7) is 0. The van der Waals surface area contributed by atoms with E-state index in [1.165, 1.54) is 12.1 Å². The Morgan fingerprint density at radius 1 is 1.65 bits per heavy atom. The van der Waals surface area contributed by atoms with Crippen LogP contribution >= 0.6 is 15.9 Å². The molecule has 17 heavy (non-hydrogen) atoms. The number of methoxy groups -OCH3 is 1. The second-order valence-electron chi connectivity index (χ2n) is 4.23. The van der Waals surface area contributed by atoms with Gasteiger partial charge in [-0.25, -0.2) is 4.39 Å². The van der Waals surface area contributed by atoms with Gasteiger partial charge in [0.2, 0.25) is 5.91 Å². The van der Waals surface area contributed by atoms with E-state index in [0.717, 1.165) is 10.0 Å². The predicted molar refractivity (Wildman–Crippen MR) is 64.6 cm³/mol. The van der Waals surface area contributed by atoms with Crippen molar-refractivity contribution in [3.05, 3.63) is 34.1 Å². The molecule has 1 amide bonds. The second-order valence-corrected chi connectivity index (χ2v) is 5.08. The molecule has 1 aromatic rings. The highest BCUT2D eigenvalue weighted by molar-refractivity contribution is 9.10. The molecule has 2 N–H and O–H groups in total. The molecule has 0 bridgehead atoms. The van der Waals surface area contributed by atoms with Crippen LogP contribution in [-0.2, 0) is 9.53 Å². The summed E-state index contributed by atoms with van der Waals surface area (Å²) >= 11 is 3.36. The summed E-state index contributed by atoms with van der Waals surface area (Å²) in [6.07, 6.45) is 0.411. The van der Waals surface area contributed by atoms with Crippen molar-refractivity contribution in [2.24, 2.45) is 17.6 Å². The fourth-order valence-electron chi connectivity index (χ4n) is 2.14. The molecule has 1 fully saturated rings. The maximum absolute atomic E-state index is 13.2. The number of ether oxygens (including phenoxy) is 1. The first-order valence-electron chi connectivity index (χ1n) is 5.31. The number of hydrogen-bond donors (Lipinski definition) is 1. The lowest BCUT2D eigenvalue weighted by molar-refractivity contribution is -0.119. The zero-order valence-corrected chi connectivity index (χ0v) is 10.9. The number of carbonyl (C=O) groups excluding carboxylic acids is 1. The molecule has 1 aliphatic rings. The molecule has 0 saturated heterocycles. The zero-order valence-electron chi connectivity index (χ0n) is 9.32. The largest absolute Gasteiger partial charge is 0.376 e. The number of benzene rings is 1. The first kappa shape index (κ1) is 12.5. The highest BCUT2D eigenvalue weighted by Crippen LogP contribution is 2.49. The molecule has 1 aliphatic carbocycles. The molecule has 3 unspecified atom stereocenters. The van der Waals surface area contributed by atoms with Gasteiger partial charge in [-0.15, -0.1) is 0 Å². The van der Waals surface area contributed by atoms with E-state index in [0.29, 0.717) is 6.42 Å². The van der Waals surface area contributed by atoms with Gasteiger partial charge in [-0.1, -0.05) is 15.9 Å². The van der Waals surface area contributed by atoms with Gasteiger partial charge < -0.3 is 10.5 Å². The second kappa shape index (κ2) is 4.74. The average Bonchev–Trinajstić information content (AvgIpc) is 3.04. The van der Waals surface area contributed by atoms with Gasteiger partial charge in [0.05, 0.1) is 6.10 Å². The minimum Gasteiger partial charge on any atom is -0.376 e. The van der Waals surface area contributed by atoms with Crippen molar-refractivity contribution in [3.8, 4) is 0 Å². The van der Waals surface area contributed by atoms with E-state index >= 15 is 0 Å². The summed E-state index contributed by atoms with van der Waals surface area (Å²) < 4.78 is 19.4. The van der Waals surface area contributed by atoms with Crippen molar-refractivity contribution in [2.75, 3.05) is 7.11 Å². The maximum atomic E-state index is 13.2. The van der Waals surface area contributed by atoms with Gasteiger partial charge in [-0.05, 0) is 30.2 Å². The van der Waals surface area contributed by atoms with Crippen LogP contribution in [0.4, 0.5) is 4.39 Å². The van der Waals surface area contributed by atoms with Crippen molar-refractivity contribution < 1.29 is 13.9 Å². The van der Waals surface area contributed by atoms with Crippen molar-refractivity contribution in [1.82, 2.24) is 0 Å². The average molecular weight is 302 g/mol. The Labute approximate surface area is 107 Å². The Kier molecular flexibility index (Phi) is 3.49. The van der Waals surface area contributed by atoms with Crippen LogP contribution in [0.2, 0.25) is 0 Å². The standard InChI is InChI=1S/C12H13BrFNO2/c1-17-11(7-5-8(7)12(15)16)9-4-6(14)2-3-10(9)13/h2-4,7-8,11H,5H2,1H3,(H2,15,16). The molecular formula is C12H13BrFNO2. The van der Waals surface area contributed by atoms with Crippen LogP contribution in [0, 0.1) is 17.7 Å². The smallest absolute Gasteiger partial charge is 0.220 e. The minimum absolute atomic E-state index is 0.0515. The fraction of sp³-hybridized carbons (Fsp3) is 0.417. The molecule has 1 saturated carbocycles. The van der Waals surface area contributed by atoms with E-state index in [4.69, 9.17) is 10.5 Å². The number of hydrogen-bond acceptors (Lipinski definition) is 2. The lowest BCUT2D eigenvalue weighted by Gasteiger charge is -2.17. The number of nitrogens with two attached hydrogens (primary N) is 1. The molecule has 0 spiro atoms. The Morgan fingerprint density at radius 3 is 2.88 bits per heavy atom. The lowest BCUT2D eigenvalue weighted by atomic mass is 10.0. The molecule has 0 heterocycles. The van der Waals surface area contributed by atoms with Crippen LogP contribution in [0.1, 0.15) is 18.1 Å². The third-order valence-corrected chi connectivity index (χ3v) is 3.83. The summed E-state index contributed by atoms with van der Waals surface area (Å²) in [5.41, 5.74) is 5.97. The first-order chi connectivity index (χ1) is 8.04. The Bertz CT molecular complexity index is 452. The first-order valence-corrected chi connectivity index (χ1v) is 6.11. The molecular weight excluding hydrogens is 289 g/mol. The van der Waals surface area contributed by atoms with Crippen LogP contribution in [0.25, 0.3) is 0 Å². The highest BCUT2D eigenvalue weighted by atomic mass is 79.9. The summed E-state index contributed by atoms with van der Waals surface area (Å²) in [5, 5.41) is 0. The zero-order chi connectivity index (χ0) is 12.6. The topological polar surface area (TPSA) is 52.3 Å². The summed E-state index contributed by atoms with van der Waals surface area (Å²) in [4.78, 5) is 11.1. The van der Waals surface area contributed by atoms with Gasteiger partial charge >= 0.3 is 0 Å². The van der Waals surface area contributed by atoms with Gasteiger partial charge in [0.15, 0.2) is 0 Å². The molecule has 0 aliphatic heterocycles. The van der Waals surface area contributed by atoms with Gasteiger partial charge in [0, 0.05) is 23.4 Å². The number of rotatable bonds is 4. The maximum Gasteiger partial charge on any atom is 0.220 e. The third-order valence-electron chi connectivity index (χ3n) is 3.11. The summed E-state index contributed by atoms with van der Waals surface area (Å²) in [7, 11) is 1.55. The number of amides is 1. The molecule has 3 atom stereocenters. The summed E-state index contributed by atoms with van der Waals surface area (Å²) in [5.74, 6) is -0.739. The predicted octanol–water partition coefficient (Wildman–Crippen LogP) is 2.40. The van der Waals surface area contributed by atoms with E-state index in [1.807, 2.05) is 0 Å². The highest BCUT2D eigenvalue weighted by Gasteiger charge is 2.48. The van der Waals surface area contributed by atoms with E-state index in [9.17, 15) is 9.18 Å². The van der Waals surface area contributed by atoms with Crippen molar-refractivity contribution in [2.45, 2.75) is 12.5 Å². The Hall–Kier alpha value is -0.940. The Morgan fingerprint density at radius 2 is 2.35 bits per heavy atom. The van der Waals surface area contributed by atoms with Crippen LogP contribution in [0.5, 0.6) is 0 Å². The molecule has 1 aromatic carbocycles. The number of carbonyl (C=O) groups is 1. The van der Waals surface area contributed by atoms with Crippen molar-refractivity contribution >= 4 is 21.8 Å². The SMILES string of the molecule is COC(c1cc(F)ccc1Br)C1CC1C(N)=O. The third kappa shape index (κ3) is 2.50. The quantitative estimate of drug-likeness (QED) is 0.928. The van der Waals surface area contributed by atoms with Crippen LogP contribution in [0.15, 0.2) is 22.7 Å². The van der Waals surface area contributed by atoms with Crippen LogP contribution in [-0.4, -0.2) is 13.0 Å². The monoisotopic (exact) mass is 301 g/mol. The molecule has 2 rings (SSSR count). The van der Waals surface area contributed by atoms with Gasteiger partial charge in [0.25, 0.3) is 0 Å². The number of halogens is 2. The van der Waals surface area contributed by atoms with Gasteiger partial charge in [-0.2, -0.15) is 0 Å². The molecule has 5 heteroatoms. The van der Waals surface area contributed by atoms with Gasteiger partial charge in [-0.3, -0.25) is 4.79 Å². The van der Waals surface area contributed by atoms with E-state index < -0.39 is 0 Å². The van der Waals surface area contributed by atoms with E-state index in [1.54, 1.807) is 13.2 Å². The normalized spacial score (nSPS) is 24.4. The van der Waals surface area contributed by atoms with E-state index in [-0.39, 0.29) is 29.7 Å². The van der Waals surface area contributed by atoms with Crippen molar-refractivity contribution in [3.63, 3.8) is 0 Å². The van der Waals surface area contributed by atoms with Gasteiger partial charge in [0.1, 0.15) is 5.82 Å². The molecule has 0 aromatic heterocycles. The lowest BCUT2D eigenvalue weighted by Crippen LogP contribution is -2.17. The Balaban J connectivity index is 2.24. The molecule has 3 nitrogen and oxygen atoms in total. The van der Waals surface area contributed by atoms with Crippen molar-refractivity contribution in [1.29, 1.82) is 0 Å². The minimum atomic E-state index is -0.318. The summed E-state index contributed by atoms with van der Waals surface area (Å²) in [6, 6.07) is 4.44. The van der Waals surface area contributed by atoms with Crippen LogP contribution < -0.4 is 5.73 Å². The van der Waals surface area contributed by atoms with E-state index in [2.05, 4.69) is 15.9 Å².